The lowest BCUT2D eigenvalue weighted by Crippen LogP contribution is -2.16. The van der Waals surface area contributed by atoms with Gasteiger partial charge in [-0.25, -0.2) is 8.42 Å². The van der Waals surface area contributed by atoms with Gasteiger partial charge in [-0.15, -0.1) is 0 Å². The monoisotopic (exact) mass is 358 g/mol. The van der Waals surface area contributed by atoms with E-state index in [2.05, 4.69) is 37.0 Å². The van der Waals surface area contributed by atoms with Gasteiger partial charge in [0, 0.05) is 11.8 Å². The molecule has 0 bridgehead atoms. The highest BCUT2D eigenvalue weighted by Crippen LogP contribution is 2.16. The highest BCUT2D eigenvalue weighted by atomic mass is 79.9. The number of sulfone groups is 1. The van der Waals surface area contributed by atoms with Gasteiger partial charge in [0.15, 0.2) is 9.84 Å². The van der Waals surface area contributed by atoms with Crippen molar-refractivity contribution in [1.29, 1.82) is 0 Å². The molecule has 1 heterocycles. The zero-order valence-corrected chi connectivity index (χ0v) is 12.3. The highest BCUT2D eigenvalue weighted by molar-refractivity contribution is 9.11. The maximum absolute atomic E-state index is 11.5. The Kier molecular flexibility index (Phi) is 4.79. The number of hydrogen-bond donors (Lipinski definition) is 0. The van der Waals surface area contributed by atoms with Gasteiger partial charge in [-0.2, -0.15) is 5.10 Å². The molecule has 0 atom stereocenters. The van der Waals surface area contributed by atoms with Crippen LogP contribution >= 0.6 is 31.9 Å². The van der Waals surface area contributed by atoms with Crippen LogP contribution in [0.1, 0.15) is 13.3 Å². The van der Waals surface area contributed by atoms with Crippen LogP contribution in [-0.4, -0.2) is 29.7 Å². The number of aromatic nitrogens is 2. The first kappa shape index (κ1) is 13.2. The molecule has 0 aliphatic heterocycles. The normalized spacial score (nSPS) is 11.9. The minimum atomic E-state index is -2.93. The molecule has 1 rings (SSSR count). The molecule has 86 valence electrons. The molecule has 0 saturated heterocycles. The quantitative estimate of drug-likeness (QED) is 0.810. The molecule has 0 amide bonds. The molecule has 0 N–H and O–H groups in total. The van der Waals surface area contributed by atoms with Gasteiger partial charge in [0.2, 0.25) is 0 Å². The zero-order valence-electron chi connectivity index (χ0n) is 8.28. The molecule has 0 aliphatic carbocycles. The third-order valence-corrected chi connectivity index (χ3v) is 4.69. The first-order valence-electron chi connectivity index (χ1n) is 4.54. The van der Waals surface area contributed by atoms with Crippen molar-refractivity contribution in [2.75, 3.05) is 11.5 Å². The SMILES string of the molecule is CCCS(=O)(=O)CCn1nc(Br)cc1Br. The predicted molar refractivity (Wildman–Crippen MR) is 66.6 cm³/mol. The summed E-state index contributed by atoms with van der Waals surface area (Å²) in [6.45, 7) is 2.24. The van der Waals surface area contributed by atoms with E-state index in [1.807, 2.05) is 6.92 Å². The second kappa shape index (κ2) is 5.45. The van der Waals surface area contributed by atoms with Crippen molar-refractivity contribution in [3.63, 3.8) is 0 Å². The molecule has 0 aliphatic rings. The lowest BCUT2D eigenvalue weighted by atomic mass is 10.6. The lowest BCUT2D eigenvalue weighted by Gasteiger charge is -2.04. The van der Waals surface area contributed by atoms with Crippen molar-refractivity contribution in [1.82, 2.24) is 9.78 Å². The summed E-state index contributed by atoms with van der Waals surface area (Å²) in [5.41, 5.74) is 0. The standard InChI is InChI=1S/C8H12Br2N2O2S/c1-2-4-15(13,14)5-3-12-8(10)6-7(9)11-12/h6H,2-5H2,1H3. The molecule has 0 unspecified atom stereocenters. The fourth-order valence-electron chi connectivity index (χ4n) is 1.16. The van der Waals surface area contributed by atoms with E-state index in [4.69, 9.17) is 0 Å². The number of halogens is 2. The van der Waals surface area contributed by atoms with Crippen LogP contribution < -0.4 is 0 Å². The molecule has 0 aromatic carbocycles. The summed E-state index contributed by atoms with van der Waals surface area (Å²) in [5, 5.41) is 4.10. The Hall–Kier alpha value is 0.120. The highest BCUT2D eigenvalue weighted by Gasteiger charge is 2.11. The van der Waals surface area contributed by atoms with E-state index in [0.29, 0.717) is 17.6 Å². The fraction of sp³-hybridized carbons (Fsp3) is 0.625. The number of hydrogen-bond acceptors (Lipinski definition) is 3. The van der Waals surface area contributed by atoms with E-state index >= 15 is 0 Å². The van der Waals surface area contributed by atoms with Crippen LogP contribution in [0, 0.1) is 0 Å². The minimum absolute atomic E-state index is 0.132. The Balaban J connectivity index is 2.61. The maximum atomic E-state index is 11.5. The molecule has 1 aromatic heterocycles. The van der Waals surface area contributed by atoms with Crippen LogP contribution in [0.25, 0.3) is 0 Å². The van der Waals surface area contributed by atoms with Gasteiger partial charge in [0.05, 0.1) is 12.3 Å². The fourth-order valence-corrected chi connectivity index (χ4v) is 3.63. The molecule has 15 heavy (non-hydrogen) atoms. The smallest absolute Gasteiger partial charge is 0.152 e. The van der Waals surface area contributed by atoms with Crippen molar-refractivity contribution in [2.45, 2.75) is 19.9 Å². The molecular formula is C8H12Br2N2O2S. The van der Waals surface area contributed by atoms with E-state index in [0.717, 1.165) is 4.60 Å². The first-order chi connectivity index (χ1) is 6.94. The summed E-state index contributed by atoms with van der Waals surface area (Å²) in [6, 6.07) is 1.78. The maximum Gasteiger partial charge on any atom is 0.152 e. The topological polar surface area (TPSA) is 52.0 Å². The van der Waals surface area contributed by atoms with E-state index in [-0.39, 0.29) is 11.5 Å². The largest absolute Gasteiger partial charge is 0.256 e. The van der Waals surface area contributed by atoms with Gasteiger partial charge in [-0.3, -0.25) is 4.68 Å². The van der Waals surface area contributed by atoms with Crippen LogP contribution in [0.3, 0.4) is 0 Å². The molecule has 1 aromatic rings. The van der Waals surface area contributed by atoms with Crippen LogP contribution in [0.15, 0.2) is 15.3 Å². The van der Waals surface area contributed by atoms with Crippen molar-refractivity contribution < 1.29 is 8.42 Å². The van der Waals surface area contributed by atoms with E-state index in [9.17, 15) is 8.42 Å². The molecule has 0 radical (unpaired) electrons. The third-order valence-electron chi connectivity index (χ3n) is 1.83. The Labute approximate surface area is 106 Å². The van der Waals surface area contributed by atoms with Crippen molar-refractivity contribution in [3.05, 3.63) is 15.3 Å². The van der Waals surface area contributed by atoms with Crippen molar-refractivity contribution in [2.24, 2.45) is 0 Å². The summed E-state index contributed by atoms with van der Waals surface area (Å²) >= 11 is 6.52. The van der Waals surface area contributed by atoms with Gasteiger partial charge >= 0.3 is 0 Å². The van der Waals surface area contributed by atoms with E-state index < -0.39 is 9.84 Å². The Morgan fingerprint density at radius 3 is 2.53 bits per heavy atom. The van der Waals surface area contributed by atoms with E-state index in [1.165, 1.54) is 0 Å². The van der Waals surface area contributed by atoms with Crippen LogP contribution in [0.2, 0.25) is 0 Å². The second-order valence-electron chi connectivity index (χ2n) is 3.16. The first-order valence-corrected chi connectivity index (χ1v) is 7.94. The Bertz CT molecular complexity index is 428. The minimum Gasteiger partial charge on any atom is -0.256 e. The van der Waals surface area contributed by atoms with Crippen LogP contribution in [0.5, 0.6) is 0 Å². The average molecular weight is 360 g/mol. The van der Waals surface area contributed by atoms with Gasteiger partial charge in [0.1, 0.15) is 9.21 Å². The second-order valence-corrected chi connectivity index (χ2v) is 7.09. The van der Waals surface area contributed by atoms with Crippen LogP contribution in [-0.2, 0) is 16.4 Å². The Morgan fingerprint density at radius 2 is 2.07 bits per heavy atom. The summed E-state index contributed by atoms with van der Waals surface area (Å²) in [7, 11) is -2.93. The summed E-state index contributed by atoms with van der Waals surface area (Å²) in [6.07, 6.45) is 0.659. The van der Waals surface area contributed by atoms with Crippen molar-refractivity contribution >= 4 is 41.7 Å². The Morgan fingerprint density at radius 1 is 1.40 bits per heavy atom. The summed E-state index contributed by atoms with van der Waals surface area (Å²) < 4.78 is 26.0. The zero-order chi connectivity index (χ0) is 11.5. The van der Waals surface area contributed by atoms with Gasteiger partial charge in [-0.1, -0.05) is 6.92 Å². The number of nitrogens with zero attached hydrogens (tertiary/aromatic N) is 2. The molecule has 0 fully saturated rings. The molecule has 7 heteroatoms. The molecular weight excluding hydrogens is 348 g/mol. The number of rotatable bonds is 5. The molecule has 0 spiro atoms. The van der Waals surface area contributed by atoms with Gasteiger partial charge < -0.3 is 0 Å². The summed E-state index contributed by atoms with van der Waals surface area (Å²) in [4.78, 5) is 0. The van der Waals surface area contributed by atoms with Gasteiger partial charge in [0.25, 0.3) is 0 Å². The molecule has 0 saturated carbocycles. The molecule has 4 nitrogen and oxygen atoms in total. The van der Waals surface area contributed by atoms with Crippen molar-refractivity contribution in [3.8, 4) is 0 Å². The predicted octanol–water partition coefficient (Wildman–Crippen LogP) is 2.23. The third kappa shape index (κ3) is 4.24. The number of aryl methyl sites for hydroxylation is 1. The summed E-state index contributed by atoms with van der Waals surface area (Å²) in [5.74, 6) is 0.376. The van der Waals surface area contributed by atoms with Gasteiger partial charge in [-0.05, 0) is 38.3 Å². The lowest BCUT2D eigenvalue weighted by molar-refractivity contribution is 0.576. The van der Waals surface area contributed by atoms with Crippen LogP contribution in [0.4, 0.5) is 0 Å². The van der Waals surface area contributed by atoms with E-state index in [1.54, 1.807) is 10.7 Å². The average Bonchev–Trinajstić information content (AvgIpc) is 2.42.